The fraction of sp³-hybridized carbons (Fsp3) is 0.429. The third kappa shape index (κ3) is 1.52. The molecule has 96 valence electrons. The lowest BCUT2D eigenvalue weighted by atomic mass is 9.99. The number of esters is 2. The summed E-state index contributed by atoms with van der Waals surface area (Å²) in [5.74, 6) is -1.31. The SMILES string of the molecule is COC(=O)C1(C(=O)OC)[C@H](c2ccccc2)[C@@H]1C. The van der Waals surface area contributed by atoms with Gasteiger partial charge in [0.25, 0.3) is 0 Å². The molecular formula is C14H16O4. The molecule has 0 heterocycles. The number of hydrogen-bond donors (Lipinski definition) is 0. The first-order valence-corrected chi connectivity index (χ1v) is 5.82. The molecule has 0 bridgehead atoms. The molecule has 4 heteroatoms. The van der Waals surface area contributed by atoms with Crippen molar-refractivity contribution in [2.75, 3.05) is 14.2 Å². The predicted molar refractivity (Wildman–Crippen MR) is 64.8 cm³/mol. The molecular weight excluding hydrogens is 232 g/mol. The van der Waals surface area contributed by atoms with E-state index in [1.54, 1.807) is 0 Å². The van der Waals surface area contributed by atoms with Gasteiger partial charge in [-0.15, -0.1) is 0 Å². The van der Waals surface area contributed by atoms with Crippen LogP contribution in [0.3, 0.4) is 0 Å². The molecule has 1 fully saturated rings. The maximum absolute atomic E-state index is 12.0. The molecule has 2 rings (SSSR count). The van der Waals surface area contributed by atoms with Crippen LogP contribution in [-0.2, 0) is 19.1 Å². The Hall–Kier alpha value is -1.84. The largest absolute Gasteiger partial charge is 0.468 e. The van der Waals surface area contributed by atoms with Crippen molar-refractivity contribution in [3.05, 3.63) is 35.9 Å². The molecule has 1 aliphatic carbocycles. The zero-order valence-electron chi connectivity index (χ0n) is 10.7. The summed E-state index contributed by atoms with van der Waals surface area (Å²) in [6, 6.07) is 9.50. The summed E-state index contributed by atoms with van der Waals surface area (Å²) in [7, 11) is 2.58. The topological polar surface area (TPSA) is 52.6 Å². The first-order valence-electron chi connectivity index (χ1n) is 5.82. The molecule has 1 aromatic rings. The van der Waals surface area contributed by atoms with Crippen LogP contribution in [0.5, 0.6) is 0 Å². The molecule has 1 saturated carbocycles. The first kappa shape index (κ1) is 12.6. The van der Waals surface area contributed by atoms with E-state index in [1.165, 1.54) is 14.2 Å². The minimum atomic E-state index is -1.18. The predicted octanol–water partition coefficient (Wildman–Crippen LogP) is 1.75. The van der Waals surface area contributed by atoms with Crippen LogP contribution in [0.15, 0.2) is 30.3 Å². The minimum Gasteiger partial charge on any atom is -0.468 e. The number of ether oxygens (including phenoxy) is 2. The molecule has 2 atom stereocenters. The zero-order valence-corrected chi connectivity index (χ0v) is 10.7. The van der Waals surface area contributed by atoms with Crippen molar-refractivity contribution in [1.29, 1.82) is 0 Å². The van der Waals surface area contributed by atoms with Gasteiger partial charge >= 0.3 is 11.9 Å². The van der Waals surface area contributed by atoms with Crippen LogP contribution >= 0.6 is 0 Å². The summed E-state index contributed by atoms with van der Waals surface area (Å²) in [5, 5.41) is 0. The van der Waals surface area contributed by atoms with Crippen molar-refractivity contribution in [3.8, 4) is 0 Å². The molecule has 0 aliphatic heterocycles. The minimum absolute atomic E-state index is 0.111. The van der Waals surface area contributed by atoms with Gasteiger partial charge in [0.1, 0.15) is 0 Å². The van der Waals surface area contributed by atoms with Crippen LogP contribution in [0.25, 0.3) is 0 Å². The molecule has 0 amide bonds. The van der Waals surface area contributed by atoms with Gasteiger partial charge in [-0.2, -0.15) is 0 Å². The molecule has 0 radical (unpaired) electrons. The Labute approximate surface area is 106 Å². The Kier molecular flexibility index (Phi) is 3.11. The van der Waals surface area contributed by atoms with E-state index in [2.05, 4.69) is 0 Å². The van der Waals surface area contributed by atoms with E-state index < -0.39 is 17.4 Å². The Bertz CT molecular complexity index is 450. The van der Waals surface area contributed by atoms with Crippen molar-refractivity contribution < 1.29 is 19.1 Å². The number of carbonyl (C=O) groups is 2. The molecule has 0 N–H and O–H groups in total. The van der Waals surface area contributed by atoms with Crippen molar-refractivity contribution in [2.45, 2.75) is 12.8 Å². The average molecular weight is 248 g/mol. The summed E-state index contributed by atoms with van der Waals surface area (Å²) in [5.41, 5.74) is -0.217. The van der Waals surface area contributed by atoms with Crippen LogP contribution < -0.4 is 0 Å². The van der Waals surface area contributed by atoms with Gasteiger partial charge in [0.05, 0.1) is 14.2 Å². The maximum atomic E-state index is 12.0. The standard InChI is InChI=1S/C14H16O4/c1-9-11(10-7-5-4-6-8-10)14(9,12(15)17-2)13(16)18-3/h4-9,11H,1-3H3/t9-,11-/m0/s1. The molecule has 0 unspecified atom stereocenters. The Morgan fingerprint density at radius 2 is 1.56 bits per heavy atom. The number of benzene rings is 1. The Balaban J connectivity index is 2.40. The van der Waals surface area contributed by atoms with E-state index in [0.29, 0.717) is 0 Å². The third-order valence-corrected chi connectivity index (χ3v) is 3.80. The highest BCUT2D eigenvalue weighted by molar-refractivity contribution is 6.05. The van der Waals surface area contributed by atoms with Crippen LogP contribution in [0, 0.1) is 11.3 Å². The fourth-order valence-corrected chi connectivity index (χ4v) is 2.82. The quantitative estimate of drug-likeness (QED) is 0.604. The van der Waals surface area contributed by atoms with E-state index in [9.17, 15) is 9.59 Å². The smallest absolute Gasteiger partial charge is 0.324 e. The van der Waals surface area contributed by atoms with Gasteiger partial charge in [-0.1, -0.05) is 37.3 Å². The molecule has 0 spiro atoms. The highest BCUT2D eigenvalue weighted by atomic mass is 16.5. The molecule has 18 heavy (non-hydrogen) atoms. The Morgan fingerprint density at radius 1 is 1.06 bits per heavy atom. The summed E-state index contributed by atoms with van der Waals surface area (Å²) >= 11 is 0. The van der Waals surface area contributed by atoms with E-state index in [1.807, 2.05) is 37.3 Å². The van der Waals surface area contributed by atoms with Gasteiger partial charge in [-0.25, -0.2) is 0 Å². The second-order valence-corrected chi connectivity index (χ2v) is 4.53. The van der Waals surface area contributed by atoms with Crippen molar-refractivity contribution in [3.63, 3.8) is 0 Å². The number of methoxy groups -OCH3 is 2. The van der Waals surface area contributed by atoms with Crippen molar-refractivity contribution in [1.82, 2.24) is 0 Å². The molecule has 1 aromatic carbocycles. The van der Waals surface area contributed by atoms with Crippen LogP contribution in [-0.4, -0.2) is 26.2 Å². The first-order chi connectivity index (χ1) is 8.60. The van der Waals surface area contributed by atoms with Crippen molar-refractivity contribution >= 4 is 11.9 Å². The molecule has 4 nitrogen and oxygen atoms in total. The number of carbonyl (C=O) groups excluding carboxylic acids is 2. The summed E-state index contributed by atoms with van der Waals surface area (Å²) < 4.78 is 9.57. The van der Waals surface area contributed by atoms with Gasteiger partial charge in [-0.3, -0.25) is 9.59 Å². The number of hydrogen-bond acceptors (Lipinski definition) is 4. The monoisotopic (exact) mass is 248 g/mol. The lowest BCUT2D eigenvalue weighted by molar-refractivity contribution is -0.162. The van der Waals surface area contributed by atoms with E-state index in [4.69, 9.17) is 9.47 Å². The van der Waals surface area contributed by atoms with E-state index in [0.717, 1.165) is 5.56 Å². The molecule has 0 aromatic heterocycles. The van der Waals surface area contributed by atoms with Crippen LogP contribution in [0.4, 0.5) is 0 Å². The van der Waals surface area contributed by atoms with Gasteiger partial charge < -0.3 is 9.47 Å². The van der Waals surface area contributed by atoms with E-state index in [-0.39, 0.29) is 11.8 Å². The third-order valence-electron chi connectivity index (χ3n) is 3.80. The summed E-state index contributed by atoms with van der Waals surface area (Å²) in [4.78, 5) is 23.9. The van der Waals surface area contributed by atoms with Crippen molar-refractivity contribution in [2.24, 2.45) is 11.3 Å². The normalized spacial score (nSPS) is 24.2. The second-order valence-electron chi connectivity index (χ2n) is 4.53. The lowest BCUT2D eigenvalue weighted by Crippen LogP contribution is -2.31. The van der Waals surface area contributed by atoms with E-state index >= 15 is 0 Å². The maximum Gasteiger partial charge on any atom is 0.324 e. The van der Waals surface area contributed by atoms with Crippen LogP contribution in [0.2, 0.25) is 0 Å². The number of rotatable bonds is 3. The van der Waals surface area contributed by atoms with Gasteiger partial charge in [-0.05, 0) is 11.5 Å². The van der Waals surface area contributed by atoms with Gasteiger partial charge in [0, 0.05) is 5.92 Å². The van der Waals surface area contributed by atoms with Crippen LogP contribution in [0.1, 0.15) is 18.4 Å². The summed E-state index contributed by atoms with van der Waals surface area (Å²) in [6.07, 6.45) is 0. The molecule has 1 aliphatic rings. The molecule has 0 saturated heterocycles. The van der Waals surface area contributed by atoms with Gasteiger partial charge in [0.15, 0.2) is 5.41 Å². The fourth-order valence-electron chi connectivity index (χ4n) is 2.82. The van der Waals surface area contributed by atoms with Gasteiger partial charge in [0.2, 0.25) is 0 Å². The second kappa shape index (κ2) is 4.44. The highest BCUT2D eigenvalue weighted by Gasteiger charge is 2.74. The Morgan fingerprint density at radius 3 is 2.00 bits per heavy atom. The lowest BCUT2D eigenvalue weighted by Gasteiger charge is -2.12. The average Bonchev–Trinajstić information content (AvgIpc) is 3.05. The zero-order chi connectivity index (χ0) is 13.3. The summed E-state index contributed by atoms with van der Waals surface area (Å²) in [6.45, 7) is 1.87. The highest BCUT2D eigenvalue weighted by Crippen LogP contribution is 2.65.